The minimum atomic E-state index is -1.51. The summed E-state index contributed by atoms with van der Waals surface area (Å²) in [6.07, 6.45) is -1.75. The molecular weight excluding hydrogens is 213 g/mol. The number of hydrogen-bond acceptors (Lipinski definition) is 4. The van der Waals surface area contributed by atoms with Crippen molar-refractivity contribution in [2.24, 2.45) is 0 Å². The van der Waals surface area contributed by atoms with Crippen LogP contribution in [0, 0.1) is 5.82 Å². The summed E-state index contributed by atoms with van der Waals surface area (Å²) < 4.78 is 13.2. The van der Waals surface area contributed by atoms with Crippen LogP contribution in [0.25, 0.3) is 0 Å². The summed E-state index contributed by atoms with van der Waals surface area (Å²) >= 11 is 5.36. The predicted molar refractivity (Wildman–Crippen MR) is 47.3 cm³/mol. The molecule has 0 radical (unpaired) electrons. The Labute approximate surface area is 84.6 Å². The first-order chi connectivity index (χ1) is 6.57. The molecule has 1 rings (SSSR count). The number of aromatic nitrogens is 1. The van der Waals surface area contributed by atoms with Crippen LogP contribution in [0.4, 0.5) is 4.39 Å². The number of aliphatic hydroxyl groups excluding tert-OH is 3. The van der Waals surface area contributed by atoms with Gasteiger partial charge < -0.3 is 15.3 Å². The van der Waals surface area contributed by atoms with Crippen LogP contribution in [-0.2, 0) is 0 Å². The molecule has 14 heavy (non-hydrogen) atoms. The van der Waals surface area contributed by atoms with Crippen molar-refractivity contribution < 1.29 is 19.7 Å². The smallest absolute Gasteiger partial charge is 0.166 e. The molecule has 1 aromatic heterocycles. The van der Waals surface area contributed by atoms with E-state index in [1.807, 2.05) is 0 Å². The monoisotopic (exact) mass is 221 g/mol. The van der Waals surface area contributed by atoms with Gasteiger partial charge in [-0.2, -0.15) is 0 Å². The maximum atomic E-state index is 13.2. The van der Waals surface area contributed by atoms with E-state index >= 15 is 0 Å². The van der Waals surface area contributed by atoms with E-state index in [1.165, 1.54) is 12.3 Å². The molecule has 0 saturated carbocycles. The van der Waals surface area contributed by atoms with Gasteiger partial charge in [0.2, 0.25) is 0 Å². The highest BCUT2D eigenvalue weighted by molar-refractivity contribution is 6.29. The highest BCUT2D eigenvalue weighted by atomic mass is 35.5. The van der Waals surface area contributed by atoms with Crippen LogP contribution in [0.3, 0.4) is 0 Å². The lowest BCUT2D eigenvalue weighted by molar-refractivity contribution is -0.0168. The molecule has 0 saturated heterocycles. The summed E-state index contributed by atoms with van der Waals surface area (Å²) in [5, 5.41) is 26.6. The second kappa shape index (κ2) is 4.65. The van der Waals surface area contributed by atoms with Crippen molar-refractivity contribution in [3.05, 3.63) is 28.8 Å². The Bertz CT molecular complexity index is 323. The van der Waals surface area contributed by atoms with E-state index in [0.717, 1.165) is 0 Å². The number of pyridine rings is 1. The largest absolute Gasteiger partial charge is 0.394 e. The van der Waals surface area contributed by atoms with Crippen LogP contribution in [0.5, 0.6) is 0 Å². The molecule has 0 amide bonds. The zero-order valence-corrected chi connectivity index (χ0v) is 7.82. The molecule has 4 nitrogen and oxygen atoms in total. The Kier molecular flexibility index (Phi) is 3.77. The lowest BCUT2D eigenvalue weighted by Crippen LogP contribution is -2.23. The van der Waals surface area contributed by atoms with Gasteiger partial charge in [-0.05, 0) is 6.07 Å². The molecule has 2 unspecified atom stereocenters. The molecule has 78 valence electrons. The van der Waals surface area contributed by atoms with Crippen LogP contribution < -0.4 is 0 Å². The van der Waals surface area contributed by atoms with Crippen LogP contribution in [-0.4, -0.2) is 33.0 Å². The van der Waals surface area contributed by atoms with Gasteiger partial charge >= 0.3 is 0 Å². The van der Waals surface area contributed by atoms with Crippen molar-refractivity contribution in [2.75, 3.05) is 6.61 Å². The van der Waals surface area contributed by atoms with E-state index in [2.05, 4.69) is 4.98 Å². The van der Waals surface area contributed by atoms with Crippen molar-refractivity contribution in [3.8, 4) is 0 Å². The molecule has 0 aliphatic heterocycles. The standard InChI is InChI=1S/C8H9ClFNO3/c9-8-6(10)4(1-2-11-8)7(14)5(13)3-12/h1-2,5,7,12-14H,3H2. The van der Waals surface area contributed by atoms with E-state index in [0.29, 0.717) is 0 Å². The van der Waals surface area contributed by atoms with E-state index in [-0.39, 0.29) is 10.7 Å². The van der Waals surface area contributed by atoms with Gasteiger partial charge in [-0.25, -0.2) is 9.37 Å². The molecule has 0 aliphatic rings. The Hall–Kier alpha value is -0.750. The highest BCUT2D eigenvalue weighted by Gasteiger charge is 2.22. The summed E-state index contributed by atoms with van der Waals surface area (Å²) in [7, 11) is 0. The Morgan fingerprint density at radius 1 is 1.50 bits per heavy atom. The molecule has 2 atom stereocenters. The normalized spacial score (nSPS) is 15.2. The van der Waals surface area contributed by atoms with Gasteiger partial charge in [0.1, 0.15) is 12.2 Å². The maximum absolute atomic E-state index is 13.2. The average Bonchev–Trinajstić information content (AvgIpc) is 2.20. The van der Waals surface area contributed by atoms with Crippen molar-refractivity contribution in [1.29, 1.82) is 0 Å². The zero-order valence-electron chi connectivity index (χ0n) is 7.06. The molecule has 0 aromatic carbocycles. The molecule has 3 N–H and O–H groups in total. The molecule has 6 heteroatoms. The minimum Gasteiger partial charge on any atom is -0.394 e. The van der Waals surface area contributed by atoms with Crippen molar-refractivity contribution in [2.45, 2.75) is 12.2 Å². The summed E-state index contributed by atoms with van der Waals surface area (Å²) in [5.74, 6) is -0.894. The van der Waals surface area contributed by atoms with E-state index in [9.17, 15) is 9.50 Å². The predicted octanol–water partition coefficient (Wildman–Crippen LogP) is 0.261. The number of hydrogen-bond donors (Lipinski definition) is 3. The van der Waals surface area contributed by atoms with Gasteiger partial charge in [-0.3, -0.25) is 0 Å². The fraction of sp³-hybridized carbons (Fsp3) is 0.375. The first kappa shape index (κ1) is 11.3. The van der Waals surface area contributed by atoms with Gasteiger partial charge in [0, 0.05) is 11.8 Å². The molecule has 1 aromatic rings. The summed E-state index contributed by atoms with van der Waals surface area (Å²) in [6, 6.07) is 1.19. The Morgan fingerprint density at radius 3 is 2.71 bits per heavy atom. The number of rotatable bonds is 3. The minimum absolute atomic E-state index is 0.188. The maximum Gasteiger partial charge on any atom is 0.166 e. The zero-order chi connectivity index (χ0) is 10.7. The molecular formula is C8H9ClFNO3. The van der Waals surface area contributed by atoms with Gasteiger partial charge in [0.25, 0.3) is 0 Å². The van der Waals surface area contributed by atoms with E-state index in [4.69, 9.17) is 21.8 Å². The Morgan fingerprint density at radius 2 is 2.14 bits per heavy atom. The average molecular weight is 222 g/mol. The molecule has 0 spiro atoms. The van der Waals surface area contributed by atoms with Gasteiger partial charge in [-0.15, -0.1) is 0 Å². The lowest BCUT2D eigenvalue weighted by atomic mass is 10.1. The fourth-order valence-electron chi connectivity index (χ4n) is 0.967. The van der Waals surface area contributed by atoms with Crippen LogP contribution in [0.1, 0.15) is 11.7 Å². The molecule has 0 aliphatic carbocycles. The second-order valence-electron chi connectivity index (χ2n) is 2.70. The van der Waals surface area contributed by atoms with Crippen molar-refractivity contribution in [3.63, 3.8) is 0 Å². The Balaban J connectivity index is 3.01. The second-order valence-corrected chi connectivity index (χ2v) is 3.06. The van der Waals surface area contributed by atoms with Crippen molar-refractivity contribution in [1.82, 2.24) is 4.98 Å². The quantitative estimate of drug-likeness (QED) is 0.641. The van der Waals surface area contributed by atoms with Crippen LogP contribution in [0.15, 0.2) is 12.3 Å². The third kappa shape index (κ3) is 2.19. The SMILES string of the molecule is OCC(O)C(O)c1ccnc(Cl)c1F. The van der Waals surface area contributed by atoms with Crippen molar-refractivity contribution >= 4 is 11.6 Å². The third-order valence-electron chi connectivity index (χ3n) is 1.75. The number of aliphatic hydroxyl groups is 3. The van der Waals surface area contributed by atoms with E-state index in [1.54, 1.807) is 0 Å². The van der Waals surface area contributed by atoms with Gasteiger partial charge in [0.05, 0.1) is 6.61 Å². The lowest BCUT2D eigenvalue weighted by Gasteiger charge is -2.16. The summed E-state index contributed by atoms with van der Waals surface area (Å²) in [6.45, 7) is -0.666. The first-order valence-corrected chi connectivity index (χ1v) is 4.22. The third-order valence-corrected chi connectivity index (χ3v) is 2.01. The molecule has 1 heterocycles. The van der Waals surface area contributed by atoms with Crippen LogP contribution >= 0.6 is 11.6 Å². The first-order valence-electron chi connectivity index (χ1n) is 3.84. The summed E-state index contributed by atoms with van der Waals surface area (Å²) in [5.41, 5.74) is -0.188. The molecule has 0 fully saturated rings. The topological polar surface area (TPSA) is 73.6 Å². The van der Waals surface area contributed by atoms with Crippen LogP contribution in [0.2, 0.25) is 5.15 Å². The highest BCUT2D eigenvalue weighted by Crippen LogP contribution is 2.23. The van der Waals surface area contributed by atoms with Gasteiger partial charge in [-0.1, -0.05) is 11.6 Å². The van der Waals surface area contributed by atoms with E-state index < -0.39 is 24.6 Å². The number of halogens is 2. The van der Waals surface area contributed by atoms with Gasteiger partial charge in [0.15, 0.2) is 11.0 Å². The number of nitrogens with zero attached hydrogens (tertiary/aromatic N) is 1. The molecule has 0 bridgehead atoms. The fourth-order valence-corrected chi connectivity index (χ4v) is 1.13. The summed E-state index contributed by atoms with van der Waals surface area (Å²) in [4.78, 5) is 3.44.